The summed E-state index contributed by atoms with van der Waals surface area (Å²) in [5.74, 6) is -0.104. The molecule has 1 amide bonds. The van der Waals surface area contributed by atoms with Gasteiger partial charge in [0.05, 0.1) is 17.4 Å². The normalized spacial score (nSPS) is 21.7. The first-order chi connectivity index (χ1) is 10.5. The highest BCUT2D eigenvalue weighted by Gasteiger charge is 2.23. The van der Waals surface area contributed by atoms with Crippen molar-refractivity contribution in [2.45, 2.75) is 57.7 Å². The molecule has 1 aliphatic carbocycles. The van der Waals surface area contributed by atoms with Gasteiger partial charge in [0.2, 0.25) is 0 Å². The summed E-state index contributed by atoms with van der Waals surface area (Å²) in [6.07, 6.45) is 5.71. The molecule has 0 aliphatic heterocycles. The summed E-state index contributed by atoms with van der Waals surface area (Å²) < 4.78 is 5.36. The molecule has 0 radical (unpaired) electrons. The van der Waals surface area contributed by atoms with Gasteiger partial charge in [0.15, 0.2) is 0 Å². The molecular formula is C16H24ClN3O2. The van der Waals surface area contributed by atoms with Crippen LogP contribution in [0.3, 0.4) is 0 Å². The van der Waals surface area contributed by atoms with E-state index in [-0.39, 0.29) is 18.0 Å². The van der Waals surface area contributed by atoms with Crippen molar-refractivity contribution in [3.05, 3.63) is 23.0 Å². The minimum absolute atomic E-state index is 0.104. The van der Waals surface area contributed by atoms with E-state index in [0.29, 0.717) is 16.8 Å². The van der Waals surface area contributed by atoms with Crippen LogP contribution in [-0.4, -0.2) is 36.2 Å². The number of methoxy groups -OCH3 is 1. The number of carbonyl (C=O) groups excluding carboxylic acids is 1. The van der Waals surface area contributed by atoms with E-state index in [1.807, 2.05) is 13.8 Å². The number of carbonyl (C=O) groups is 1. The van der Waals surface area contributed by atoms with E-state index in [0.717, 1.165) is 31.4 Å². The predicted molar refractivity (Wildman–Crippen MR) is 88.5 cm³/mol. The lowest BCUT2D eigenvalue weighted by Gasteiger charge is -2.28. The molecule has 1 aliphatic rings. The smallest absolute Gasteiger partial charge is 0.255 e. The monoisotopic (exact) mass is 325 g/mol. The Bertz CT molecular complexity index is 514. The van der Waals surface area contributed by atoms with Gasteiger partial charge in [-0.25, -0.2) is 4.98 Å². The van der Waals surface area contributed by atoms with Crippen LogP contribution in [0.15, 0.2) is 12.3 Å². The molecule has 122 valence electrons. The summed E-state index contributed by atoms with van der Waals surface area (Å²) in [6.45, 7) is 4.03. The predicted octanol–water partition coefficient (Wildman–Crippen LogP) is 3.24. The van der Waals surface area contributed by atoms with Crippen molar-refractivity contribution in [2.75, 3.05) is 12.4 Å². The number of nitrogens with one attached hydrogen (secondary N) is 2. The molecule has 0 saturated heterocycles. The quantitative estimate of drug-likeness (QED) is 0.816. The van der Waals surface area contributed by atoms with E-state index in [2.05, 4.69) is 15.6 Å². The van der Waals surface area contributed by atoms with E-state index in [9.17, 15) is 4.79 Å². The number of ether oxygens (including phenoxy) is 1. The Morgan fingerprint density at radius 2 is 2.05 bits per heavy atom. The number of pyridine rings is 1. The maximum absolute atomic E-state index is 12.5. The Kier molecular flexibility index (Phi) is 6.03. The number of amides is 1. The van der Waals surface area contributed by atoms with Crippen molar-refractivity contribution in [1.82, 2.24) is 10.3 Å². The fourth-order valence-corrected chi connectivity index (χ4v) is 2.91. The Balaban J connectivity index is 2.03. The second kappa shape index (κ2) is 7.79. The first-order valence-electron chi connectivity index (χ1n) is 7.75. The van der Waals surface area contributed by atoms with Gasteiger partial charge < -0.3 is 15.4 Å². The standard InChI is InChI=1S/C16H24ClN3O2/c1-10(2)19-14-8-15(17)18-9-13(14)16(21)20-11-4-6-12(22-3)7-5-11/h8-12H,4-7H2,1-3H3,(H,18,19)(H,20,21). The minimum atomic E-state index is -0.104. The second-order valence-electron chi connectivity index (χ2n) is 6.03. The summed E-state index contributed by atoms with van der Waals surface area (Å²) in [5.41, 5.74) is 1.25. The van der Waals surface area contributed by atoms with Gasteiger partial charge in [-0.1, -0.05) is 11.6 Å². The highest BCUT2D eigenvalue weighted by molar-refractivity contribution is 6.29. The molecule has 0 atom stereocenters. The number of halogens is 1. The van der Waals surface area contributed by atoms with Crippen molar-refractivity contribution in [1.29, 1.82) is 0 Å². The molecule has 1 heterocycles. The van der Waals surface area contributed by atoms with Crippen molar-refractivity contribution >= 4 is 23.2 Å². The zero-order valence-electron chi connectivity index (χ0n) is 13.4. The van der Waals surface area contributed by atoms with Crippen LogP contribution < -0.4 is 10.6 Å². The second-order valence-corrected chi connectivity index (χ2v) is 6.42. The summed E-state index contributed by atoms with van der Waals surface area (Å²) in [4.78, 5) is 16.5. The lowest BCUT2D eigenvalue weighted by atomic mass is 9.93. The van der Waals surface area contributed by atoms with Crippen LogP contribution in [0, 0.1) is 0 Å². The summed E-state index contributed by atoms with van der Waals surface area (Å²) in [5, 5.41) is 6.71. The van der Waals surface area contributed by atoms with Crippen molar-refractivity contribution in [3.8, 4) is 0 Å². The fraction of sp³-hybridized carbons (Fsp3) is 0.625. The SMILES string of the molecule is COC1CCC(NC(=O)c2cnc(Cl)cc2NC(C)C)CC1. The molecule has 6 heteroatoms. The first kappa shape index (κ1) is 17.0. The van der Waals surface area contributed by atoms with E-state index in [1.165, 1.54) is 6.20 Å². The van der Waals surface area contributed by atoms with E-state index >= 15 is 0 Å². The lowest BCUT2D eigenvalue weighted by molar-refractivity contribution is 0.0599. The van der Waals surface area contributed by atoms with Crippen molar-refractivity contribution in [3.63, 3.8) is 0 Å². The van der Waals surface area contributed by atoms with E-state index < -0.39 is 0 Å². The van der Waals surface area contributed by atoms with Crippen LogP contribution in [0.5, 0.6) is 0 Å². The average Bonchev–Trinajstić information content (AvgIpc) is 2.47. The zero-order valence-corrected chi connectivity index (χ0v) is 14.1. The van der Waals surface area contributed by atoms with Crippen LogP contribution in [0.2, 0.25) is 5.15 Å². The highest BCUT2D eigenvalue weighted by atomic mass is 35.5. The topological polar surface area (TPSA) is 63.2 Å². The van der Waals surface area contributed by atoms with Gasteiger partial charge in [0.25, 0.3) is 5.91 Å². The third kappa shape index (κ3) is 4.58. The first-order valence-corrected chi connectivity index (χ1v) is 8.13. The van der Waals surface area contributed by atoms with Crippen molar-refractivity contribution in [2.24, 2.45) is 0 Å². The number of hydrogen-bond acceptors (Lipinski definition) is 4. The van der Waals surface area contributed by atoms with Crippen LogP contribution in [0.4, 0.5) is 5.69 Å². The molecule has 2 rings (SSSR count). The molecule has 22 heavy (non-hydrogen) atoms. The number of nitrogens with zero attached hydrogens (tertiary/aromatic N) is 1. The fourth-order valence-electron chi connectivity index (χ4n) is 2.75. The van der Waals surface area contributed by atoms with Gasteiger partial charge in [-0.05, 0) is 45.6 Å². The van der Waals surface area contributed by atoms with E-state index in [1.54, 1.807) is 13.2 Å². The van der Waals surface area contributed by atoms with Gasteiger partial charge in [0.1, 0.15) is 5.15 Å². The number of rotatable bonds is 5. The Morgan fingerprint density at radius 3 is 2.64 bits per heavy atom. The molecule has 0 spiro atoms. The van der Waals surface area contributed by atoms with Gasteiger partial charge >= 0.3 is 0 Å². The van der Waals surface area contributed by atoms with Gasteiger partial charge in [0, 0.05) is 25.4 Å². The molecule has 1 saturated carbocycles. The maximum Gasteiger partial charge on any atom is 0.255 e. The number of anilines is 1. The third-order valence-corrected chi connectivity index (χ3v) is 4.11. The summed E-state index contributed by atoms with van der Waals surface area (Å²) >= 11 is 5.93. The molecule has 5 nitrogen and oxygen atoms in total. The lowest BCUT2D eigenvalue weighted by Crippen LogP contribution is -2.39. The van der Waals surface area contributed by atoms with Gasteiger partial charge in [-0.3, -0.25) is 4.79 Å². The molecule has 0 unspecified atom stereocenters. The third-order valence-electron chi connectivity index (χ3n) is 3.90. The molecule has 0 bridgehead atoms. The Labute approximate surface area is 136 Å². The average molecular weight is 326 g/mol. The van der Waals surface area contributed by atoms with E-state index in [4.69, 9.17) is 16.3 Å². The van der Waals surface area contributed by atoms with Crippen LogP contribution >= 0.6 is 11.6 Å². The molecule has 1 aromatic rings. The maximum atomic E-state index is 12.5. The van der Waals surface area contributed by atoms with Crippen LogP contribution in [-0.2, 0) is 4.74 Å². The largest absolute Gasteiger partial charge is 0.382 e. The van der Waals surface area contributed by atoms with Crippen LogP contribution in [0.1, 0.15) is 49.9 Å². The van der Waals surface area contributed by atoms with Gasteiger partial charge in [-0.2, -0.15) is 0 Å². The highest BCUT2D eigenvalue weighted by Crippen LogP contribution is 2.23. The molecule has 1 fully saturated rings. The molecular weight excluding hydrogens is 302 g/mol. The van der Waals surface area contributed by atoms with Crippen molar-refractivity contribution < 1.29 is 9.53 Å². The minimum Gasteiger partial charge on any atom is -0.382 e. The number of hydrogen-bond donors (Lipinski definition) is 2. The number of aromatic nitrogens is 1. The van der Waals surface area contributed by atoms with Crippen LogP contribution in [0.25, 0.3) is 0 Å². The zero-order chi connectivity index (χ0) is 16.1. The summed E-state index contributed by atoms with van der Waals surface area (Å²) in [6, 6.07) is 2.10. The van der Waals surface area contributed by atoms with Gasteiger partial charge in [-0.15, -0.1) is 0 Å². The Morgan fingerprint density at radius 1 is 1.36 bits per heavy atom. The molecule has 0 aromatic carbocycles. The Hall–Kier alpha value is -1.33. The molecule has 2 N–H and O–H groups in total. The summed E-state index contributed by atoms with van der Waals surface area (Å²) in [7, 11) is 1.74. The molecule has 1 aromatic heterocycles.